The zero-order valence-corrected chi connectivity index (χ0v) is 10.00. The van der Waals surface area contributed by atoms with Gasteiger partial charge in [0.15, 0.2) is 0 Å². The van der Waals surface area contributed by atoms with Crippen molar-refractivity contribution in [3.8, 4) is 0 Å². The molecule has 1 aliphatic rings. The molecule has 0 bridgehead atoms. The maximum atomic E-state index is 11.5. The van der Waals surface area contributed by atoms with Gasteiger partial charge in [0.1, 0.15) is 6.04 Å². The van der Waals surface area contributed by atoms with Gasteiger partial charge in [-0.05, 0) is 19.8 Å². The molecule has 2 unspecified atom stereocenters. The Morgan fingerprint density at radius 2 is 2.11 bits per heavy atom. The fourth-order valence-corrected chi connectivity index (χ4v) is 1.89. The summed E-state index contributed by atoms with van der Waals surface area (Å²) in [7, 11) is 0. The fourth-order valence-electron chi connectivity index (χ4n) is 1.89. The number of rotatable bonds is 4. The van der Waals surface area contributed by atoms with Crippen molar-refractivity contribution >= 4 is 18.0 Å². The van der Waals surface area contributed by atoms with Gasteiger partial charge in [-0.15, -0.1) is 5.06 Å². The summed E-state index contributed by atoms with van der Waals surface area (Å²) in [6, 6.07) is -0.941. The largest absolute Gasteiger partial charge is 0.525 e. The van der Waals surface area contributed by atoms with Crippen LogP contribution in [-0.2, 0) is 19.2 Å². The molecule has 102 valence electrons. The van der Waals surface area contributed by atoms with Gasteiger partial charge in [-0.1, -0.05) is 0 Å². The minimum absolute atomic E-state index is 0.0987. The highest BCUT2D eigenvalue weighted by molar-refractivity contribution is 5.81. The Morgan fingerprint density at radius 1 is 1.44 bits per heavy atom. The van der Waals surface area contributed by atoms with Gasteiger partial charge in [0, 0.05) is 6.54 Å². The number of carbonyl (C=O) groups is 3. The van der Waals surface area contributed by atoms with E-state index in [4.69, 9.17) is 15.6 Å². The number of carbonyl (C=O) groups excluding carboxylic acids is 2. The highest BCUT2D eigenvalue weighted by Crippen LogP contribution is 2.24. The molecule has 1 fully saturated rings. The molecule has 0 aliphatic carbocycles. The molecule has 0 aromatic rings. The number of ether oxygens (including phenoxy) is 1. The molecule has 1 aliphatic heterocycles. The van der Waals surface area contributed by atoms with Crippen molar-refractivity contribution in [2.24, 2.45) is 11.7 Å². The highest BCUT2D eigenvalue weighted by atomic mass is 16.8. The maximum absolute atomic E-state index is 11.5. The lowest BCUT2D eigenvalue weighted by atomic mass is 9.92. The number of primary amides is 1. The third kappa shape index (κ3) is 3.59. The van der Waals surface area contributed by atoms with Crippen LogP contribution < -0.4 is 5.73 Å². The Morgan fingerprint density at radius 3 is 2.61 bits per heavy atom. The zero-order chi connectivity index (χ0) is 13.7. The van der Waals surface area contributed by atoms with Crippen molar-refractivity contribution in [2.75, 3.05) is 13.2 Å². The number of esters is 1. The summed E-state index contributed by atoms with van der Waals surface area (Å²) in [4.78, 5) is 37.7. The van der Waals surface area contributed by atoms with E-state index in [9.17, 15) is 14.4 Å². The Bertz CT molecular complexity index is 345. The maximum Gasteiger partial charge on any atom is 0.525 e. The van der Waals surface area contributed by atoms with E-state index in [-0.39, 0.29) is 19.6 Å². The molecule has 0 aromatic carbocycles. The molecule has 0 aromatic heterocycles. The van der Waals surface area contributed by atoms with Crippen LogP contribution in [0.2, 0.25) is 0 Å². The van der Waals surface area contributed by atoms with Gasteiger partial charge >= 0.3 is 12.1 Å². The van der Waals surface area contributed by atoms with Crippen molar-refractivity contribution in [1.29, 1.82) is 0 Å². The summed E-state index contributed by atoms with van der Waals surface area (Å²) in [6.45, 7) is 2.07. The summed E-state index contributed by atoms with van der Waals surface area (Å²) in [6.07, 6.45) is -1.06. The molecule has 1 amide bonds. The smallest absolute Gasteiger partial charge is 0.466 e. The second-order valence-electron chi connectivity index (χ2n) is 3.89. The van der Waals surface area contributed by atoms with Crippen molar-refractivity contribution < 1.29 is 29.1 Å². The zero-order valence-electron chi connectivity index (χ0n) is 10.00. The van der Waals surface area contributed by atoms with Crippen LogP contribution in [0.3, 0.4) is 0 Å². The number of hydroxylamine groups is 2. The Balaban J connectivity index is 2.67. The monoisotopic (exact) mass is 260 g/mol. The minimum atomic E-state index is -1.52. The summed E-state index contributed by atoms with van der Waals surface area (Å²) < 4.78 is 4.86. The van der Waals surface area contributed by atoms with Crippen molar-refractivity contribution in [1.82, 2.24) is 5.06 Å². The van der Waals surface area contributed by atoms with Gasteiger partial charge in [-0.3, -0.25) is 9.59 Å². The molecule has 3 N–H and O–H groups in total. The quantitative estimate of drug-likeness (QED) is 0.667. The lowest BCUT2D eigenvalue weighted by Crippen LogP contribution is -2.51. The first-order valence-electron chi connectivity index (χ1n) is 5.59. The predicted octanol–water partition coefficient (Wildman–Crippen LogP) is -0.275. The summed E-state index contributed by atoms with van der Waals surface area (Å²) in [5, 5.41) is 9.50. The van der Waals surface area contributed by atoms with E-state index in [2.05, 4.69) is 4.84 Å². The van der Waals surface area contributed by atoms with Gasteiger partial charge in [0.25, 0.3) is 0 Å². The normalized spacial score (nSPS) is 24.3. The van der Waals surface area contributed by atoms with E-state index in [1.54, 1.807) is 6.92 Å². The van der Waals surface area contributed by atoms with E-state index in [1.165, 1.54) is 0 Å². The third-order valence-electron chi connectivity index (χ3n) is 2.70. The summed E-state index contributed by atoms with van der Waals surface area (Å²) in [5.74, 6) is -1.60. The molecule has 0 spiro atoms. The number of hydrogen-bond donors (Lipinski definition) is 2. The van der Waals surface area contributed by atoms with Gasteiger partial charge in [-0.25, -0.2) is 4.79 Å². The minimum Gasteiger partial charge on any atom is -0.466 e. The van der Waals surface area contributed by atoms with Crippen LogP contribution in [0.1, 0.15) is 19.8 Å². The first-order valence-corrected chi connectivity index (χ1v) is 5.59. The first-order chi connectivity index (χ1) is 8.45. The highest BCUT2D eigenvalue weighted by Gasteiger charge is 2.38. The van der Waals surface area contributed by atoms with E-state index in [1.807, 2.05) is 0 Å². The number of nitrogens with zero attached hydrogens (tertiary/aromatic N) is 1. The van der Waals surface area contributed by atoms with Gasteiger partial charge in [-0.2, -0.15) is 0 Å². The topological polar surface area (TPSA) is 119 Å². The Hall–Kier alpha value is -1.83. The SMILES string of the molecule is CCOC(=O)C1CCN(OC(=O)O)C(C(N)=O)C1. The fraction of sp³-hybridized carbons (Fsp3) is 0.700. The van der Waals surface area contributed by atoms with Crippen LogP contribution in [0.5, 0.6) is 0 Å². The molecule has 8 nitrogen and oxygen atoms in total. The number of nitrogens with two attached hydrogens (primary N) is 1. The molecule has 0 radical (unpaired) electrons. The van der Waals surface area contributed by atoms with Crippen LogP contribution in [0.25, 0.3) is 0 Å². The van der Waals surface area contributed by atoms with Crippen LogP contribution in [0, 0.1) is 5.92 Å². The van der Waals surface area contributed by atoms with E-state index < -0.39 is 30.0 Å². The molecule has 1 heterocycles. The average molecular weight is 260 g/mol. The lowest BCUT2D eigenvalue weighted by Gasteiger charge is -2.34. The van der Waals surface area contributed by atoms with Crippen molar-refractivity contribution in [2.45, 2.75) is 25.8 Å². The number of hydrogen-bond acceptors (Lipinski definition) is 6. The Kier molecular flexibility index (Phi) is 4.90. The van der Waals surface area contributed by atoms with Crippen LogP contribution in [0.15, 0.2) is 0 Å². The predicted molar refractivity (Wildman–Crippen MR) is 58.2 cm³/mol. The molecule has 8 heteroatoms. The van der Waals surface area contributed by atoms with Gasteiger partial charge in [0.2, 0.25) is 5.91 Å². The van der Waals surface area contributed by atoms with Crippen LogP contribution in [0.4, 0.5) is 4.79 Å². The van der Waals surface area contributed by atoms with E-state index >= 15 is 0 Å². The standard InChI is InChI=1S/C10H16N2O6/c1-2-17-9(14)6-3-4-12(18-10(15)16)7(5-6)8(11)13/h6-7H,2-5H2,1H3,(H2,11,13)(H,15,16). The van der Waals surface area contributed by atoms with E-state index in [0.29, 0.717) is 6.42 Å². The van der Waals surface area contributed by atoms with Crippen LogP contribution >= 0.6 is 0 Å². The van der Waals surface area contributed by atoms with Crippen molar-refractivity contribution in [3.05, 3.63) is 0 Å². The summed E-state index contributed by atoms with van der Waals surface area (Å²) >= 11 is 0. The van der Waals surface area contributed by atoms with Crippen LogP contribution in [-0.4, -0.2) is 47.4 Å². The molecule has 1 saturated heterocycles. The van der Waals surface area contributed by atoms with Gasteiger partial charge in [0.05, 0.1) is 12.5 Å². The molecular weight excluding hydrogens is 244 g/mol. The second-order valence-corrected chi connectivity index (χ2v) is 3.89. The first kappa shape index (κ1) is 14.2. The average Bonchev–Trinajstić information content (AvgIpc) is 2.28. The molecular formula is C10H16N2O6. The molecule has 18 heavy (non-hydrogen) atoms. The van der Waals surface area contributed by atoms with Crippen molar-refractivity contribution in [3.63, 3.8) is 0 Å². The molecule has 0 saturated carbocycles. The molecule has 2 atom stereocenters. The lowest BCUT2D eigenvalue weighted by molar-refractivity contribution is -0.180. The third-order valence-corrected chi connectivity index (χ3v) is 2.70. The van der Waals surface area contributed by atoms with Gasteiger partial charge < -0.3 is 20.4 Å². The second kappa shape index (κ2) is 6.20. The number of piperidine rings is 1. The number of carboxylic acid groups (broad SMARTS) is 1. The Labute approximate surface area is 104 Å². The summed E-state index contributed by atoms with van der Waals surface area (Å²) in [5.41, 5.74) is 5.16. The molecule has 1 rings (SSSR count). The number of amides is 1. The van der Waals surface area contributed by atoms with E-state index in [0.717, 1.165) is 5.06 Å².